The van der Waals surface area contributed by atoms with E-state index in [2.05, 4.69) is 10.6 Å². The molecule has 33 heavy (non-hydrogen) atoms. The van der Waals surface area contributed by atoms with E-state index >= 15 is 0 Å². The smallest absolute Gasteiger partial charge is 0.338 e. The van der Waals surface area contributed by atoms with Crippen LogP contribution in [0.5, 0.6) is 17.2 Å². The predicted octanol–water partition coefficient (Wildman–Crippen LogP) is 4.47. The van der Waals surface area contributed by atoms with Gasteiger partial charge in [-0.05, 0) is 68.3 Å². The van der Waals surface area contributed by atoms with Gasteiger partial charge in [0, 0.05) is 0 Å². The molecule has 2 amide bonds. The van der Waals surface area contributed by atoms with Gasteiger partial charge in [-0.15, -0.1) is 0 Å². The first kappa shape index (κ1) is 24.3. The van der Waals surface area contributed by atoms with Gasteiger partial charge in [0.2, 0.25) is 0 Å². The fraction of sp³-hybridized carbons (Fsp3) is 0.333. The zero-order chi connectivity index (χ0) is 24.1. The number of urea groups is 1. The largest absolute Gasteiger partial charge is 0.497 e. The average Bonchev–Trinajstić information content (AvgIpc) is 2.79. The number of carbonyl (C=O) groups excluding carboxylic acids is 2. The molecule has 3 rings (SSSR count). The van der Waals surface area contributed by atoms with Crippen molar-refractivity contribution in [2.75, 3.05) is 20.8 Å². The molecule has 0 saturated carbocycles. The highest BCUT2D eigenvalue weighted by Crippen LogP contribution is 2.41. The van der Waals surface area contributed by atoms with E-state index in [1.165, 1.54) is 7.11 Å². The van der Waals surface area contributed by atoms with Crippen molar-refractivity contribution >= 4 is 29.3 Å². The van der Waals surface area contributed by atoms with Gasteiger partial charge in [-0.2, -0.15) is 0 Å². The van der Waals surface area contributed by atoms with Crippen molar-refractivity contribution in [1.82, 2.24) is 10.6 Å². The van der Waals surface area contributed by atoms with Gasteiger partial charge in [0.05, 0.1) is 49.3 Å². The second-order valence-corrected chi connectivity index (χ2v) is 7.88. The Kier molecular flexibility index (Phi) is 7.71. The first-order chi connectivity index (χ1) is 15.8. The van der Waals surface area contributed by atoms with Crippen LogP contribution in [0, 0.1) is 0 Å². The number of halogens is 1. The number of methoxy groups -OCH3 is 2. The van der Waals surface area contributed by atoms with Crippen LogP contribution in [0.2, 0.25) is 5.02 Å². The number of hydrogen-bond donors (Lipinski definition) is 2. The number of benzene rings is 2. The lowest BCUT2D eigenvalue weighted by atomic mass is 9.92. The van der Waals surface area contributed by atoms with Gasteiger partial charge in [0.15, 0.2) is 11.5 Å². The lowest BCUT2D eigenvalue weighted by Crippen LogP contribution is -2.45. The summed E-state index contributed by atoms with van der Waals surface area (Å²) in [6.45, 7) is 5.74. The molecule has 0 fully saturated rings. The fourth-order valence-electron chi connectivity index (χ4n) is 3.49. The summed E-state index contributed by atoms with van der Waals surface area (Å²) in [6, 6.07) is 9.00. The Morgan fingerprint density at radius 1 is 1.12 bits per heavy atom. The lowest BCUT2D eigenvalue weighted by molar-refractivity contribution is -0.143. The number of ether oxygens (including phenoxy) is 4. The minimum absolute atomic E-state index is 0.232. The Balaban J connectivity index is 2.20. The minimum Gasteiger partial charge on any atom is -0.497 e. The summed E-state index contributed by atoms with van der Waals surface area (Å²) in [5.74, 6) is 0.842. The Bertz CT molecular complexity index is 1070. The molecule has 1 aliphatic heterocycles. The molecule has 0 aliphatic carbocycles. The lowest BCUT2D eigenvalue weighted by Gasteiger charge is -2.30. The molecule has 0 bridgehead atoms. The van der Waals surface area contributed by atoms with Gasteiger partial charge in [0.1, 0.15) is 5.75 Å². The molecule has 0 saturated heterocycles. The molecule has 1 unspecified atom stereocenters. The minimum atomic E-state index is -0.843. The first-order valence-corrected chi connectivity index (χ1v) is 10.8. The van der Waals surface area contributed by atoms with Crippen molar-refractivity contribution in [3.05, 3.63) is 58.1 Å². The van der Waals surface area contributed by atoms with E-state index in [0.29, 0.717) is 45.7 Å². The summed E-state index contributed by atoms with van der Waals surface area (Å²) in [6.07, 6.45) is -0.362. The summed E-state index contributed by atoms with van der Waals surface area (Å²) >= 11 is 6.47. The highest BCUT2D eigenvalue weighted by atomic mass is 35.5. The topological polar surface area (TPSA) is 95.1 Å². The maximum atomic E-state index is 13.2. The Hall–Kier alpha value is -3.39. The molecule has 1 heterocycles. The summed E-state index contributed by atoms with van der Waals surface area (Å²) in [4.78, 5) is 25.9. The summed E-state index contributed by atoms with van der Waals surface area (Å²) < 4.78 is 21.8. The Labute approximate surface area is 197 Å². The SMILES string of the molecule is CCOc1c(Cl)cc(C2NC(=O)NC(c3ccc(OC)cc3)=C2C(=O)OC(C)C)cc1OC. The van der Waals surface area contributed by atoms with E-state index in [0.717, 1.165) is 0 Å². The van der Waals surface area contributed by atoms with E-state index in [-0.39, 0.29) is 11.7 Å². The zero-order valence-electron chi connectivity index (χ0n) is 19.2. The van der Waals surface area contributed by atoms with Crippen LogP contribution in [0.25, 0.3) is 5.70 Å². The van der Waals surface area contributed by atoms with Gasteiger partial charge in [-0.3, -0.25) is 0 Å². The molecule has 0 spiro atoms. The maximum Gasteiger partial charge on any atom is 0.338 e. The van der Waals surface area contributed by atoms with E-state index in [9.17, 15) is 9.59 Å². The molecular weight excluding hydrogens is 448 g/mol. The number of esters is 1. The van der Waals surface area contributed by atoms with Gasteiger partial charge >= 0.3 is 12.0 Å². The standard InChI is InChI=1S/C24H27ClN2O6/c1-6-32-22-17(25)11-15(12-18(22)31-5)21-19(23(28)33-13(2)3)20(26-24(29)27-21)14-7-9-16(30-4)10-8-14/h7-13,21H,6H2,1-5H3,(H2,26,27,29). The van der Waals surface area contributed by atoms with Gasteiger partial charge in [-0.25, -0.2) is 9.59 Å². The normalized spacial score (nSPS) is 15.6. The van der Waals surface area contributed by atoms with Gasteiger partial charge in [0.25, 0.3) is 0 Å². The van der Waals surface area contributed by atoms with E-state index in [4.69, 9.17) is 30.5 Å². The monoisotopic (exact) mass is 474 g/mol. The molecule has 2 N–H and O–H groups in total. The van der Waals surface area contributed by atoms with Crippen LogP contribution >= 0.6 is 11.6 Å². The van der Waals surface area contributed by atoms with E-state index < -0.39 is 18.0 Å². The Morgan fingerprint density at radius 2 is 1.82 bits per heavy atom. The second-order valence-electron chi connectivity index (χ2n) is 7.47. The number of nitrogens with one attached hydrogen (secondary N) is 2. The molecule has 176 valence electrons. The zero-order valence-corrected chi connectivity index (χ0v) is 19.9. The first-order valence-electron chi connectivity index (χ1n) is 10.5. The van der Waals surface area contributed by atoms with Crippen molar-refractivity contribution in [3.8, 4) is 17.2 Å². The van der Waals surface area contributed by atoms with E-state index in [1.807, 2.05) is 6.92 Å². The molecule has 9 heteroatoms. The molecule has 1 aliphatic rings. The van der Waals surface area contributed by atoms with Crippen molar-refractivity contribution in [2.24, 2.45) is 0 Å². The molecule has 2 aromatic carbocycles. The van der Waals surface area contributed by atoms with Crippen molar-refractivity contribution < 1.29 is 28.5 Å². The number of hydrogen-bond acceptors (Lipinski definition) is 6. The van der Waals surface area contributed by atoms with Crippen LogP contribution in [0.3, 0.4) is 0 Å². The maximum absolute atomic E-state index is 13.2. The van der Waals surface area contributed by atoms with Crippen molar-refractivity contribution in [2.45, 2.75) is 32.9 Å². The number of carbonyl (C=O) groups is 2. The summed E-state index contributed by atoms with van der Waals surface area (Å²) in [5, 5.41) is 5.84. The molecule has 8 nitrogen and oxygen atoms in total. The van der Waals surface area contributed by atoms with Crippen LogP contribution in [-0.2, 0) is 9.53 Å². The highest BCUT2D eigenvalue weighted by Gasteiger charge is 2.35. The fourth-order valence-corrected chi connectivity index (χ4v) is 3.76. The van der Waals surface area contributed by atoms with E-state index in [1.54, 1.807) is 57.4 Å². The van der Waals surface area contributed by atoms with Crippen LogP contribution in [0.1, 0.15) is 37.9 Å². The molecule has 2 aromatic rings. The van der Waals surface area contributed by atoms with Crippen LogP contribution in [-0.4, -0.2) is 38.9 Å². The van der Waals surface area contributed by atoms with Gasteiger partial charge in [-0.1, -0.05) is 11.6 Å². The highest BCUT2D eigenvalue weighted by molar-refractivity contribution is 6.32. The van der Waals surface area contributed by atoms with Crippen LogP contribution < -0.4 is 24.8 Å². The molecule has 0 aromatic heterocycles. The molecule has 1 atom stereocenters. The second kappa shape index (κ2) is 10.5. The van der Waals surface area contributed by atoms with Crippen molar-refractivity contribution in [3.63, 3.8) is 0 Å². The molecule has 0 radical (unpaired) electrons. The Morgan fingerprint density at radius 3 is 2.39 bits per heavy atom. The third kappa shape index (κ3) is 5.34. The van der Waals surface area contributed by atoms with Crippen LogP contribution in [0.4, 0.5) is 4.79 Å². The van der Waals surface area contributed by atoms with Crippen molar-refractivity contribution in [1.29, 1.82) is 0 Å². The third-order valence-electron chi connectivity index (χ3n) is 4.89. The van der Waals surface area contributed by atoms with Gasteiger partial charge < -0.3 is 29.6 Å². The summed E-state index contributed by atoms with van der Waals surface area (Å²) in [5.41, 5.74) is 1.73. The molecular formula is C24H27ClN2O6. The third-order valence-corrected chi connectivity index (χ3v) is 5.17. The summed E-state index contributed by atoms with van der Waals surface area (Å²) in [7, 11) is 3.05. The quantitative estimate of drug-likeness (QED) is 0.548. The number of rotatable bonds is 8. The average molecular weight is 475 g/mol. The predicted molar refractivity (Wildman–Crippen MR) is 125 cm³/mol. The van der Waals surface area contributed by atoms with Crippen LogP contribution in [0.15, 0.2) is 42.0 Å². The number of amides is 2.